The second-order valence-corrected chi connectivity index (χ2v) is 5.83. The quantitative estimate of drug-likeness (QED) is 0.854. The Balaban J connectivity index is 1.48. The molecule has 0 aliphatic carbocycles. The molecule has 2 aromatic carbocycles. The number of benzene rings is 2. The van der Waals surface area contributed by atoms with Crippen molar-refractivity contribution < 1.29 is 14.0 Å². The number of terminal acetylenes is 1. The average Bonchev–Trinajstić information content (AvgIpc) is 3.09. The highest BCUT2D eigenvalue weighted by Crippen LogP contribution is 2.15. The molecule has 1 aliphatic rings. The molecule has 1 heterocycles. The van der Waals surface area contributed by atoms with E-state index in [1.165, 1.54) is 12.1 Å². The summed E-state index contributed by atoms with van der Waals surface area (Å²) in [5.41, 5.74) is 3.02. The van der Waals surface area contributed by atoms with E-state index in [1.807, 2.05) is 0 Å². The standard InChI is InChI=1S/C20H17FN2O2/c1-2-14-4-3-5-16(10-14)20(24)22-13-19-12-18(23-25-19)11-15-6-8-17(21)9-7-15/h1,3-10,19H,11-13H2,(H,22,24). The number of amides is 1. The zero-order chi connectivity index (χ0) is 17.6. The van der Waals surface area contributed by atoms with Crippen molar-refractivity contribution in [3.05, 3.63) is 71.0 Å². The Labute approximate surface area is 145 Å². The van der Waals surface area contributed by atoms with Crippen LogP contribution in [0.25, 0.3) is 0 Å². The fourth-order valence-corrected chi connectivity index (χ4v) is 2.60. The molecule has 2 aromatic rings. The molecule has 0 spiro atoms. The van der Waals surface area contributed by atoms with E-state index in [-0.39, 0.29) is 17.8 Å². The molecule has 1 unspecified atom stereocenters. The normalized spacial score (nSPS) is 15.8. The van der Waals surface area contributed by atoms with Crippen molar-refractivity contribution in [2.24, 2.45) is 5.16 Å². The van der Waals surface area contributed by atoms with Gasteiger partial charge in [0.1, 0.15) is 11.9 Å². The molecule has 0 aromatic heterocycles. The van der Waals surface area contributed by atoms with Crippen LogP contribution in [0.15, 0.2) is 53.7 Å². The van der Waals surface area contributed by atoms with Crippen LogP contribution in [0.2, 0.25) is 0 Å². The Morgan fingerprint density at radius 3 is 2.88 bits per heavy atom. The molecule has 0 saturated heterocycles. The maximum absolute atomic E-state index is 12.9. The van der Waals surface area contributed by atoms with E-state index < -0.39 is 0 Å². The summed E-state index contributed by atoms with van der Waals surface area (Å²) in [6.07, 6.45) is 6.38. The minimum Gasteiger partial charge on any atom is -0.390 e. The lowest BCUT2D eigenvalue weighted by Gasteiger charge is -2.10. The molecule has 1 aliphatic heterocycles. The molecular weight excluding hydrogens is 319 g/mol. The van der Waals surface area contributed by atoms with Gasteiger partial charge >= 0.3 is 0 Å². The highest BCUT2D eigenvalue weighted by molar-refractivity contribution is 5.94. The predicted octanol–water partition coefficient (Wildman–Crippen LogP) is 2.92. The molecule has 0 saturated carbocycles. The van der Waals surface area contributed by atoms with E-state index in [4.69, 9.17) is 11.3 Å². The van der Waals surface area contributed by atoms with Crippen molar-refractivity contribution >= 4 is 11.6 Å². The molecule has 1 N–H and O–H groups in total. The number of nitrogens with one attached hydrogen (secondary N) is 1. The fourth-order valence-electron chi connectivity index (χ4n) is 2.60. The molecule has 1 atom stereocenters. The summed E-state index contributed by atoms with van der Waals surface area (Å²) in [6.45, 7) is 0.357. The predicted molar refractivity (Wildman–Crippen MR) is 93.7 cm³/mol. The summed E-state index contributed by atoms with van der Waals surface area (Å²) in [5.74, 6) is 2.04. The molecule has 1 amide bonds. The van der Waals surface area contributed by atoms with E-state index in [1.54, 1.807) is 36.4 Å². The van der Waals surface area contributed by atoms with Crippen molar-refractivity contribution in [1.29, 1.82) is 0 Å². The topological polar surface area (TPSA) is 50.7 Å². The van der Waals surface area contributed by atoms with Gasteiger partial charge in [0.2, 0.25) is 0 Å². The summed E-state index contributed by atoms with van der Waals surface area (Å²) in [4.78, 5) is 17.5. The third-order valence-corrected chi connectivity index (χ3v) is 3.90. The van der Waals surface area contributed by atoms with Gasteiger partial charge in [0.25, 0.3) is 5.91 Å². The van der Waals surface area contributed by atoms with Gasteiger partial charge < -0.3 is 10.2 Å². The Kier molecular flexibility index (Phi) is 5.10. The van der Waals surface area contributed by atoms with Crippen LogP contribution < -0.4 is 5.32 Å². The minimum atomic E-state index is -0.261. The number of hydrogen-bond donors (Lipinski definition) is 1. The van der Waals surface area contributed by atoms with Gasteiger partial charge in [-0.1, -0.05) is 29.3 Å². The monoisotopic (exact) mass is 336 g/mol. The molecule has 3 rings (SSSR count). The average molecular weight is 336 g/mol. The number of nitrogens with zero attached hydrogens (tertiary/aromatic N) is 1. The largest absolute Gasteiger partial charge is 0.390 e. The maximum Gasteiger partial charge on any atom is 0.251 e. The zero-order valence-corrected chi connectivity index (χ0v) is 13.5. The highest BCUT2D eigenvalue weighted by atomic mass is 19.1. The van der Waals surface area contributed by atoms with Crippen LogP contribution in [0.3, 0.4) is 0 Å². The van der Waals surface area contributed by atoms with Crippen LogP contribution in [-0.4, -0.2) is 24.3 Å². The highest BCUT2D eigenvalue weighted by Gasteiger charge is 2.22. The Bertz CT molecular complexity index is 838. The molecule has 0 radical (unpaired) electrons. The van der Waals surface area contributed by atoms with Gasteiger partial charge in [-0.25, -0.2) is 4.39 Å². The molecular formula is C20H17FN2O2. The molecule has 0 fully saturated rings. The second-order valence-electron chi connectivity index (χ2n) is 5.83. The summed E-state index contributed by atoms with van der Waals surface area (Å²) < 4.78 is 12.9. The molecule has 5 heteroatoms. The van der Waals surface area contributed by atoms with Gasteiger partial charge in [-0.3, -0.25) is 4.79 Å². The fraction of sp³-hybridized carbons (Fsp3) is 0.200. The van der Waals surface area contributed by atoms with Crippen LogP contribution in [-0.2, 0) is 11.3 Å². The van der Waals surface area contributed by atoms with Crippen molar-refractivity contribution in [2.75, 3.05) is 6.54 Å². The summed E-state index contributed by atoms with van der Waals surface area (Å²) in [7, 11) is 0. The summed E-state index contributed by atoms with van der Waals surface area (Å²) in [5, 5.41) is 6.89. The molecule has 4 nitrogen and oxygen atoms in total. The maximum atomic E-state index is 12.9. The molecule has 126 valence electrons. The Morgan fingerprint density at radius 2 is 2.12 bits per heavy atom. The first-order chi connectivity index (χ1) is 12.1. The summed E-state index contributed by atoms with van der Waals surface area (Å²) >= 11 is 0. The number of oxime groups is 1. The summed E-state index contributed by atoms with van der Waals surface area (Å²) in [6, 6.07) is 13.2. The van der Waals surface area contributed by atoms with Crippen LogP contribution in [0.5, 0.6) is 0 Å². The number of carbonyl (C=O) groups excluding carboxylic acids is 1. The van der Waals surface area contributed by atoms with E-state index in [9.17, 15) is 9.18 Å². The van der Waals surface area contributed by atoms with Crippen LogP contribution >= 0.6 is 0 Å². The van der Waals surface area contributed by atoms with Crippen molar-refractivity contribution in [2.45, 2.75) is 18.9 Å². The number of halogens is 1. The first-order valence-electron chi connectivity index (χ1n) is 7.95. The Morgan fingerprint density at radius 1 is 1.32 bits per heavy atom. The Hall–Kier alpha value is -3.13. The van der Waals surface area contributed by atoms with Gasteiger partial charge in [0, 0.05) is 24.0 Å². The first kappa shape index (κ1) is 16.7. The van der Waals surface area contributed by atoms with E-state index in [0.717, 1.165) is 11.3 Å². The number of rotatable bonds is 5. The number of carbonyl (C=O) groups is 1. The van der Waals surface area contributed by atoms with Gasteiger partial charge in [0.05, 0.1) is 12.3 Å². The van der Waals surface area contributed by atoms with E-state index >= 15 is 0 Å². The second kappa shape index (κ2) is 7.63. The van der Waals surface area contributed by atoms with Gasteiger partial charge in [-0.2, -0.15) is 0 Å². The van der Waals surface area contributed by atoms with Gasteiger partial charge in [0.15, 0.2) is 0 Å². The molecule has 25 heavy (non-hydrogen) atoms. The van der Waals surface area contributed by atoms with Crippen LogP contribution in [0.4, 0.5) is 4.39 Å². The molecule has 0 bridgehead atoms. The van der Waals surface area contributed by atoms with Crippen molar-refractivity contribution in [1.82, 2.24) is 5.32 Å². The van der Waals surface area contributed by atoms with Crippen molar-refractivity contribution in [3.63, 3.8) is 0 Å². The minimum absolute atomic E-state index is 0.199. The number of hydrogen-bond acceptors (Lipinski definition) is 3. The lowest BCUT2D eigenvalue weighted by atomic mass is 10.0. The van der Waals surface area contributed by atoms with Gasteiger partial charge in [-0.15, -0.1) is 6.42 Å². The van der Waals surface area contributed by atoms with Crippen LogP contribution in [0, 0.1) is 18.2 Å². The van der Waals surface area contributed by atoms with E-state index in [2.05, 4.69) is 16.4 Å². The lowest BCUT2D eigenvalue weighted by molar-refractivity contribution is 0.0753. The van der Waals surface area contributed by atoms with Crippen LogP contribution in [0.1, 0.15) is 27.9 Å². The van der Waals surface area contributed by atoms with Crippen molar-refractivity contribution in [3.8, 4) is 12.3 Å². The smallest absolute Gasteiger partial charge is 0.251 e. The SMILES string of the molecule is C#Cc1cccc(C(=O)NCC2CC(Cc3ccc(F)cc3)=NO2)c1. The van der Waals surface area contributed by atoms with E-state index in [0.29, 0.717) is 30.5 Å². The third kappa shape index (κ3) is 4.45. The van der Waals surface area contributed by atoms with Gasteiger partial charge in [-0.05, 0) is 35.9 Å². The third-order valence-electron chi connectivity index (χ3n) is 3.90. The first-order valence-corrected chi connectivity index (χ1v) is 7.95. The zero-order valence-electron chi connectivity index (χ0n) is 13.5. The lowest BCUT2D eigenvalue weighted by Crippen LogP contribution is -2.32.